The molecule has 0 saturated heterocycles. The van der Waals surface area contributed by atoms with Gasteiger partial charge >= 0.3 is 0 Å². The smallest absolute Gasteiger partial charge is 0.257 e. The van der Waals surface area contributed by atoms with Crippen LogP contribution in [0.15, 0.2) is 60.7 Å². The summed E-state index contributed by atoms with van der Waals surface area (Å²) in [6, 6.07) is 13.9. The average molecular weight is 392 g/mol. The predicted octanol–water partition coefficient (Wildman–Crippen LogP) is 5.59. The number of halogens is 4. The molecular formula is C20H13ClF3NO2. The fourth-order valence-electron chi connectivity index (χ4n) is 2.31. The Balaban J connectivity index is 1.69. The van der Waals surface area contributed by atoms with Gasteiger partial charge in [0.25, 0.3) is 5.91 Å². The number of amides is 1. The third kappa shape index (κ3) is 4.80. The van der Waals surface area contributed by atoms with Crippen LogP contribution in [0.1, 0.15) is 15.9 Å². The Morgan fingerprint density at radius 2 is 1.67 bits per heavy atom. The maximum Gasteiger partial charge on any atom is 0.257 e. The van der Waals surface area contributed by atoms with Crippen molar-refractivity contribution in [1.29, 1.82) is 0 Å². The Hall–Kier alpha value is -2.99. The summed E-state index contributed by atoms with van der Waals surface area (Å²) in [4.78, 5) is 12.3. The van der Waals surface area contributed by atoms with Crippen LogP contribution < -0.4 is 10.1 Å². The molecule has 3 aromatic carbocycles. The molecule has 0 saturated carbocycles. The monoisotopic (exact) mass is 391 g/mol. The second-order valence-corrected chi connectivity index (χ2v) is 6.05. The minimum atomic E-state index is -1.17. The Bertz CT molecular complexity index is 977. The van der Waals surface area contributed by atoms with E-state index in [1.54, 1.807) is 36.4 Å². The van der Waals surface area contributed by atoms with Gasteiger partial charge in [0, 0.05) is 11.8 Å². The quantitative estimate of drug-likeness (QED) is 0.576. The number of anilines is 1. The Kier molecular flexibility index (Phi) is 5.66. The Labute approximate surface area is 158 Å². The molecule has 138 valence electrons. The lowest BCUT2D eigenvalue weighted by molar-refractivity contribution is 0.102. The first-order chi connectivity index (χ1) is 12.9. The largest absolute Gasteiger partial charge is 0.489 e. The third-order valence-corrected chi connectivity index (χ3v) is 3.98. The lowest BCUT2D eigenvalue weighted by atomic mass is 10.2. The van der Waals surface area contributed by atoms with Crippen LogP contribution in [-0.2, 0) is 6.61 Å². The van der Waals surface area contributed by atoms with Crippen molar-refractivity contribution >= 4 is 23.2 Å². The van der Waals surface area contributed by atoms with Gasteiger partial charge in [0.1, 0.15) is 18.2 Å². The molecule has 0 atom stereocenters. The molecule has 27 heavy (non-hydrogen) atoms. The second kappa shape index (κ2) is 8.14. The highest BCUT2D eigenvalue weighted by Gasteiger charge is 2.15. The van der Waals surface area contributed by atoms with Crippen LogP contribution in [-0.4, -0.2) is 5.91 Å². The zero-order chi connectivity index (χ0) is 19.4. The van der Waals surface area contributed by atoms with Crippen molar-refractivity contribution in [3.8, 4) is 5.75 Å². The van der Waals surface area contributed by atoms with E-state index in [0.717, 1.165) is 17.7 Å². The van der Waals surface area contributed by atoms with E-state index in [1.165, 1.54) is 12.1 Å². The summed E-state index contributed by atoms with van der Waals surface area (Å²) >= 11 is 5.80. The molecule has 0 aromatic heterocycles. The van der Waals surface area contributed by atoms with Gasteiger partial charge < -0.3 is 10.1 Å². The molecule has 1 amide bonds. The van der Waals surface area contributed by atoms with E-state index in [0.29, 0.717) is 11.4 Å². The molecule has 0 aliphatic carbocycles. The van der Waals surface area contributed by atoms with Gasteiger partial charge in [-0.2, -0.15) is 0 Å². The Morgan fingerprint density at radius 1 is 0.963 bits per heavy atom. The molecule has 0 heterocycles. The molecule has 0 aliphatic heterocycles. The lowest BCUT2D eigenvalue weighted by Crippen LogP contribution is -2.13. The molecule has 0 aliphatic rings. The van der Waals surface area contributed by atoms with E-state index in [2.05, 4.69) is 5.32 Å². The molecule has 3 rings (SSSR count). The summed E-state index contributed by atoms with van der Waals surface area (Å²) in [5, 5.41) is 2.35. The van der Waals surface area contributed by atoms with Gasteiger partial charge in [-0.1, -0.05) is 29.8 Å². The molecule has 3 nitrogen and oxygen atoms in total. The van der Waals surface area contributed by atoms with Gasteiger partial charge in [-0.15, -0.1) is 0 Å². The van der Waals surface area contributed by atoms with Gasteiger partial charge in [-0.3, -0.25) is 4.79 Å². The number of nitrogens with one attached hydrogen (secondary N) is 1. The number of carbonyl (C=O) groups is 1. The highest BCUT2D eigenvalue weighted by molar-refractivity contribution is 6.34. The van der Waals surface area contributed by atoms with Crippen molar-refractivity contribution < 1.29 is 22.7 Å². The van der Waals surface area contributed by atoms with Gasteiger partial charge in [0.15, 0.2) is 11.6 Å². The first-order valence-electron chi connectivity index (χ1n) is 7.85. The fraction of sp³-hybridized carbons (Fsp3) is 0.0500. The van der Waals surface area contributed by atoms with E-state index in [9.17, 15) is 18.0 Å². The maximum absolute atomic E-state index is 13.4. The van der Waals surface area contributed by atoms with Crippen LogP contribution in [0.3, 0.4) is 0 Å². The second-order valence-electron chi connectivity index (χ2n) is 5.64. The zero-order valence-electron chi connectivity index (χ0n) is 13.8. The number of rotatable bonds is 5. The van der Waals surface area contributed by atoms with Crippen molar-refractivity contribution in [1.82, 2.24) is 0 Å². The summed E-state index contributed by atoms with van der Waals surface area (Å²) in [5.74, 6) is -2.85. The molecule has 0 spiro atoms. The molecule has 7 heteroatoms. The molecular weight excluding hydrogens is 379 g/mol. The van der Waals surface area contributed by atoms with Crippen LogP contribution in [0.2, 0.25) is 5.02 Å². The van der Waals surface area contributed by atoms with Crippen molar-refractivity contribution in [3.05, 3.63) is 94.3 Å². The molecule has 0 fully saturated rings. The summed E-state index contributed by atoms with van der Waals surface area (Å²) < 4.78 is 45.0. The normalized spacial score (nSPS) is 10.5. The van der Waals surface area contributed by atoms with Crippen LogP contribution in [0.5, 0.6) is 5.75 Å². The van der Waals surface area contributed by atoms with Crippen molar-refractivity contribution in [2.75, 3.05) is 5.32 Å². The van der Waals surface area contributed by atoms with E-state index in [1.807, 2.05) is 0 Å². The minimum absolute atomic E-state index is 0.187. The Morgan fingerprint density at radius 3 is 2.41 bits per heavy atom. The highest BCUT2D eigenvalue weighted by atomic mass is 35.5. The zero-order valence-corrected chi connectivity index (χ0v) is 14.6. The number of hydrogen-bond donors (Lipinski definition) is 1. The van der Waals surface area contributed by atoms with Gasteiger partial charge in [0.05, 0.1) is 10.6 Å². The van der Waals surface area contributed by atoms with Crippen molar-refractivity contribution in [2.45, 2.75) is 6.61 Å². The van der Waals surface area contributed by atoms with Crippen LogP contribution in [0, 0.1) is 17.5 Å². The van der Waals surface area contributed by atoms with Gasteiger partial charge in [-0.25, -0.2) is 13.2 Å². The number of ether oxygens (including phenoxy) is 1. The average Bonchev–Trinajstić information content (AvgIpc) is 2.64. The van der Waals surface area contributed by atoms with E-state index in [-0.39, 0.29) is 23.0 Å². The molecule has 3 aromatic rings. The van der Waals surface area contributed by atoms with Crippen LogP contribution in [0.25, 0.3) is 0 Å². The summed E-state index contributed by atoms with van der Waals surface area (Å²) in [7, 11) is 0. The molecule has 1 N–H and O–H groups in total. The van der Waals surface area contributed by atoms with E-state index < -0.39 is 17.5 Å². The number of carbonyl (C=O) groups excluding carboxylic acids is 1. The maximum atomic E-state index is 13.4. The summed E-state index contributed by atoms with van der Waals surface area (Å²) in [6.07, 6.45) is 0. The number of hydrogen-bond acceptors (Lipinski definition) is 2. The van der Waals surface area contributed by atoms with Gasteiger partial charge in [0.2, 0.25) is 0 Å². The SMILES string of the molecule is O=C(Nc1cccc(OCc2ccc(F)cc2)c1)c1cc(F)c(F)cc1Cl. The fourth-order valence-corrected chi connectivity index (χ4v) is 2.54. The summed E-state index contributed by atoms with van der Waals surface area (Å²) in [6.45, 7) is 0.215. The van der Waals surface area contributed by atoms with Gasteiger partial charge in [-0.05, 0) is 42.0 Å². The first kappa shape index (κ1) is 18.8. The van der Waals surface area contributed by atoms with Crippen LogP contribution in [0.4, 0.5) is 18.9 Å². The van der Waals surface area contributed by atoms with Crippen LogP contribution >= 0.6 is 11.6 Å². The van der Waals surface area contributed by atoms with E-state index >= 15 is 0 Å². The third-order valence-electron chi connectivity index (χ3n) is 3.67. The summed E-state index contributed by atoms with van der Waals surface area (Å²) in [5.41, 5.74) is 0.977. The molecule has 0 radical (unpaired) electrons. The predicted molar refractivity (Wildman–Crippen MR) is 96.5 cm³/mol. The minimum Gasteiger partial charge on any atom is -0.489 e. The van der Waals surface area contributed by atoms with Crippen molar-refractivity contribution in [2.24, 2.45) is 0 Å². The lowest BCUT2D eigenvalue weighted by Gasteiger charge is -2.10. The topological polar surface area (TPSA) is 38.3 Å². The molecule has 0 unspecified atom stereocenters. The molecule has 0 bridgehead atoms. The number of benzene rings is 3. The standard InChI is InChI=1S/C20H13ClF3NO2/c21-17-10-19(24)18(23)9-16(17)20(26)25-14-2-1-3-15(8-14)27-11-12-4-6-13(22)7-5-12/h1-10H,11H2,(H,25,26). The van der Waals surface area contributed by atoms with Crippen molar-refractivity contribution in [3.63, 3.8) is 0 Å². The van der Waals surface area contributed by atoms with E-state index in [4.69, 9.17) is 16.3 Å². The highest BCUT2D eigenvalue weighted by Crippen LogP contribution is 2.23. The first-order valence-corrected chi connectivity index (χ1v) is 8.23.